The molecule has 76 valence electrons. The molecule has 0 N–H and O–H groups in total. The minimum Gasteiger partial charge on any atom is -0.170 e. The molecule has 0 aromatic heterocycles. The van der Waals surface area contributed by atoms with Crippen molar-refractivity contribution in [3.05, 3.63) is 42.5 Å². The summed E-state index contributed by atoms with van der Waals surface area (Å²) in [5, 5.41) is 0. The van der Waals surface area contributed by atoms with Crippen LogP contribution in [0.4, 0.5) is 13.2 Å². The van der Waals surface area contributed by atoms with Crippen LogP contribution >= 0.6 is 0 Å². The van der Waals surface area contributed by atoms with Gasteiger partial charge in [-0.1, -0.05) is 36.9 Å². The number of benzene rings is 1. The Morgan fingerprint density at radius 2 is 1.71 bits per heavy atom. The summed E-state index contributed by atoms with van der Waals surface area (Å²) in [6.07, 6.45) is -4.22. The average molecular weight is 200 g/mol. The standard InChI is InChI=1S/C11H11F3/c1-8(9(2)11(12,13)14)10-6-4-3-5-7-10/h3-7,9H,1H2,2H3. The molecule has 1 atom stereocenters. The summed E-state index contributed by atoms with van der Waals surface area (Å²) in [6, 6.07) is 8.41. The zero-order chi connectivity index (χ0) is 10.8. The maximum Gasteiger partial charge on any atom is 0.395 e. The van der Waals surface area contributed by atoms with E-state index in [0.717, 1.165) is 6.92 Å². The Morgan fingerprint density at radius 1 is 1.21 bits per heavy atom. The molecule has 0 fully saturated rings. The first-order valence-corrected chi connectivity index (χ1v) is 4.24. The molecule has 0 heterocycles. The van der Waals surface area contributed by atoms with E-state index < -0.39 is 12.1 Å². The Labute approximate surface area is 81.1 Å². The third-order valence-electron chi connectivity index (χ3n) is 2.16. The van der Waals surface area contributed by atoms with Crippen molar-refractivity contribution < 1.29 is 13.2 Å². The first-order chi connectivity index (χ1) is 6.43. The summed E-state index contributed by atoms with van der Waals surface area (Å²) in [6.45, 7) is 4.59. The van der Waals surface area contributed by atoms with Crippen molar-refractivity contribution in [3.8, 4) is 0 Å². The smallest absolute Gasteiger partial charge is 0.170 e. The predicted molar refractivity (Wildman–Crippen MR) is 50.7 cm³/mol. The van der Waals surface area contributed by atoms with Crippen LogP contribution in [0.1, 0.15) is 12.5 Å². The van der Waals surface area contributed by atoms with Gasteiger partial charge < -0.3 is 0 Å². The summed E-state index contributed by atoms with van der Waals surface area (Å²) in [7, 11) is 0. The van der Waals surface area contributed by atoms with Crippen molar-refractivity contribution in [2.75, 3.05) is 0 Å². The van der Waals surface area contributed by atoms with E-state index >= 15 is 0 Å². The topological polar surface area (TPSA) is 0 Å². The summed E-state index contributed by atoms with van der Waals surface area (Å²) < 4.78 is 37.0. The monoisotopic (exact) mass is 200 g/mol. The Kier molecular flexibility index (Phi) is 2.99. The van der Waals surface area contributed by atoms with Crippen molar-refractivity contribution in [2.24, 2.45) is 5.92 Å². The Hall–Kier alpha value is -1.25. The fourth-order valence-corrected chi connectivity index (χ4v) is 1.10. The maximum atomic E-state index is 12.3. The largest absolute Gasteiger partial charge is 0.395 e. The summed E-state index contributed by atoms with van der Waals surface area (Å²) in [4.78, 5) is 0. The lowest BCUT2D eigenvalue weighted by Crippen LogP contribution is -2.20. The van der Waals surface area contributed by atoms with Crippen LogP contribution in [0, 0.1) is 5.92 Å². The van der Waals surface area contributed by atoms with Gasteiger partial charge >= 0.3 is 6.18 Å². The lowest BCUT2D eigenvalue weighted by Gasteiger charge is -2.18. The highest BCUT2D eigenvalue weighted by Gasteiger charge is 2.37. The van der Waals surface area contributed by atoms with E-state index in [4.69, 9.17) is 0 Å². The van der Waals surface area contributed by atoms with Gasteiger partial charge in [-0.2, -0.15) is 13.2 Å². The zero-order valence-corrected chi connectivity index (χ0v) is 7.81. The number of rotatable bonds is 2. The van der Waals surface area contributed by atoms with Gasteiger partial charge in [0.25, 0.3) is 0 Å². The van der Waals surface area contributed by atoms with Gasteiger partial charge in [-0.25, -0.2) is 0 Å². The number of alkyl halides is 3. The van der Waals surface area contributed by atoms with Crippen LogP contribution in [0.25, 0.3) is 5.57 Å². The Morgan fingerprint density at radius 3 is 2.14 bits per heavy atom. The molecular weight excluding hydrogens is 189 g/mol. The molecule has 0 bridgehead atoms. The molecule has 1 unspecified atom stereocenters. The molecule has 1 rings (SSSR count). The Balaban J connectivity index is 2.87. The molecule has 0 aliphatic carbocycles. The summed E-state index contributed by atoms with van der Waals surface area (Å²) in [5.41, 5.74) is 0.649. The van der Waals surface area contributed by atoms with E-state index in [1.165, 1.54) is 0 Å². The van der Waals surface area contributed by atoms with Gasteiger partial charge in [-0.15, -0.1) is 0 Å². The van der Waals surface area contributed by atoms with Crippen molar-refractivity contribution in [2.45, 2.75) is 13.1 Å². The normalized spacial score (nSPS) is 13.7. The molecule has 14 heavy (non-hydrogen) atoms. The molecular formula is C11H11F3. The minimum atomic E-state index is -4.22. The van der Waals surface area contributed by atoms with Crippen molar-refractivity contribution in [3.63, 3.8) is 0 Å². The Bertz CT molecular complexity index is 311. The average Bonchev–Trinajstić information content (AvgIpc) is 2.15. The van der Waals surface area contributed by atoms with E-state index in [1.807, 2.05) is 0 Å². The van der Waals surface area contributed by atoms with Gasteiger partial charge in [0, 0.05) is 0 Å². The summed E-state index contributed by atoms with van der Waals surface area (Å²) >= 11 is 0. The van der Waals surface area contributed by atoms with Gasteiger partial charge in [-0.05, 0) is 18.1 Å². The molecule has 0 aliphatic rings. The molecule has 1 aromatic rings. The molecule has 0 amide bonds. The minimum absolute atomic E-state index is 0.109. The zero-order valence-electron chi connectivity index (χ0n) is 7.81. The highest BCUT2D eigenvalue weighted by molar-refractivity contribution is 5.65. The quantitative estimate of drug-likeness (QED) is 0.679. The molecule has 0 nitrogen and oxygen atoms in total. The third-order valence-corrected chi connectivity index (χ3v) is 2.16. The molecule has 0 radical (unpaired) electrons. The lowest BCUT2D eigenvalue weighted by molar-refractivity contribution is -0.153. The summed E-state index contributed by atoms with van der Waals surface area (Å²) in [5.74, 6) is -1.50. The fourth-order valence-electron chi connectivity index (χ4n) is 1.10. The molecule has 0 saturated carbocycles. The van der Waals surface area contributed by atoms with E-state index in [9.17, 15) is 13.2 Å². The number of halogens is 3. The molecule has 3 heteroatoms. The number of allylic oxidation sites excluding steroid dienone is 1. The van der Waals surface area contributed by atoms with Crippen LogP contribution in [0.2, 0.25) is 0 Å². The highest BCUT2D eigenvalue weighted by atomic mass is 19.4. The van der Waals surface area contributed by atoms with Gasteiger partial charge in [0.15, 0.2) is 0 Å². The van der Waals surface area contributed by atoms with Crippen LogP contribution in [0.3, 0.4) is 0 Å². The van der Waals surface area contributed by atoms with Crippen LogP contribution in [0.15, 0.2) is 36.9 Å². The first kappa shape index (κ1) is 10.8. The third kappa shape index (κ3) is 2.37. The first-order valence-electron chi connectivity index (χ1n) is 4.24. The van der Waals surface area contributed by atoms with Crippen LogP contribution in [-0.4, -0.2) is 6.18 Å². The van der Waals surface area contributed by atoms with Crippen LogP contribution in [-0.2, 0) is 0 Å². The number of hydrogen-bond acceptors (Lipinski definition) is 0. The number of hydrogen-bond donors (Lipinski definition) is 0. The van der Waals surface area contributed by atoms with Crippen molar-refractivity contribution in [1.29, 1.82) is 0 Å². The fraction of sp³-hybridized carbons (Fsp3) is 0.273. The van der Waals surface area contributed by atoms with Crippen LogP contribution in [0.5, 0.6) is 0 Å². The molecule has 0 saturated heterocycles. The van der Waals surface area contributed by atoms with Crippen molar-refractivity contribution >= 4 is 5.57 Å². The van der Waals surface area contributed by atoms with Gasteiger partial charge in [0.05, 0.1) is 5.92 Å². The van der Waals surface area contributed by atoms with E-state index in [0.29, 0.717) is 5.56 Å². The second-order valence-corrected chi connectivity index (χ2v) is 3.15. The SMILES string of the molecule is C=C(c1ccccc1)C(C)C(F)(F)F. The van der Waals surface area contributed by atoms with Gasteiger partial charge in [-0.3, -0.25) is 0 Å². The maximum absolute atomic E-state index is 12.3. The lowest BCUT2D eigenvalue weighted by atomic mass is 9.95. The van der Waals surface area contributed by atoms with Gasteiger partial charge in [0.2, 0.25) is 0 Å². The van der Waals surface area contributed by atoms with Gasteiger partial charge in [0.1, 0.15) is 0 Å². The highest BCUT2D eigenvalue weighted by Crippen LogP contribution is 2.35. The predicted octanol–water partition coefficient (Wildman–Crippen LogP) is 3.90. The molecule has 1 aromatic carbocycles. The molecule has 0 spiro atoms. The second kappa shape index (κ2) is 3.86. The molecule has 0 aliphatic heterocycles. The van der Waals surface area contributed by atoms with Crippen molar-refractivity contribution in [1.82, 2.24) is 0 Å². The van der Waals surface area contributed by atoms with Crippen LogP contribution < -0.4 is 0 Å². The second-order valence-electron chi connectivity index (χ2n) is 3.15. The van der Waals surface area contributed by atoms with E-state index in [1.54, 1.807) is 30.3 Å². The van der Waals surface area contributed by atoms with E-state index in [-0.39, 0.29) is 5.57 Å². The van der Waals surface area contributed by atoms with E-state index in [2.05, 4.69) is 6.58 Å².